The first-order valence-electron chi connectivity index (χ1n) is 13.3. The van der Waals surface area contributed by atoms with Crippen LogP contribution < -0.4 is 9.50 Å². The van der Waals surface area contributed by atoms with Crippen molar-refractivity contribution in [2.75, 3.05) is 0 Å². The highest BCUT2D eigenvalue weighted by atomic mass is 35.5. The minimum absolute atomic E-state index is 0.0618. The number of hydrogen-bond donors (Lipinski definition) is 3. The van der Waals surface area contributed by atoms with Crippen LogP contribution in [0, 0.1) is 5.92 Å². The Kier molecular flexibility index (Phi) is 10.1. The van der Waals surface area contributed by atoms with Gasteiger partial charge in [0.25, 0.3) is 0 Å². The number of amides is 1. The minimum Gasteiger partial charge on any atom is -0.426 e. The van der Waals surface area contributed by atoms with Crippen LogP contribution in [0.15, 0.2) is 83.8 Å². The summed E-state index contributed by atoms with van der Waals surface area (Å²) in [7, 11) is -6.48. The van der Waals surface area contributed by atoms with Crippen molar-refractivity contribution < 1.29 is 40.6 Å². The minimum atomic E-state index is -4.76. The lowest BCUT2D eigenvalue weighted by atomic mass is 9.75. The average Bonchev–Trinajstić information content (AvgIpc) is 3.35. The maximum Gasteiger partial charge on any atom is 0.475 e. The van der Waals surface area contributed by atoms with Crippen LogP contribution in [0.1, 0.15) is 25.8 Å². The van der Waals surface area contributed by atoms with Gasteiger partial charge < -0.3 is 19.5 Å². The topological polar surface area (TPSA) is 131 Å². The monoisotopic (exact) mass is 649 g/mol. The Morgan fingerprint density at radius 1 is 1.05 bits per heavy atom. The Labute approximate surface area is 257 Å². The maximum absolute atomic E-state index is 13.2. The molecule has 232 valence electrons. The lowest BCUT2D eigenvalue weighted by molar-refractivity contribution is -0.137. The van der Waals surface area contributed by atoms with E-state index >= 15 is 0 Å². The maximum atomic E-state index is 13.2. The first-order chi connectivity index (χ1) is 20.6. The second-order valence-corrected chi connectivity index (χ2v) is 12.3. The summed E-state index contributed by atoms with van der Waals surface area (Å²) < 4.78 is 72.4. The molecule has 0 fully saturated rings. The van der Waals surface area contributed by atoms with Gasteiger partial charge in [0.1, 0.15) is 11.4 Å². The molecule has 15 heteroatoms. The van der Waals surface area contributed by atoms with E-state index in [2.05, 4.69) is 10.4 Å². The Morgan fingerprint density at radius 2 is 1.73 bits per heavy atom. The molecule has 4 rings (SSSR count). The summed E-state index contributed by atoms with van der Waals surface area (Å²) in [6.45, 7) is 3.39. The van der Waals surface area contributed by atoms with E-state index in [1.165, 1.54) is 22.9 Å². The number of hydrogen-bond acceptors (Lipinski definition) is 7. The number of nitrogens with one attached hydrogen (secondary N) is 1. The molecule has 1 amide bonds. The third-order valence-electron chi connectivity index (χ3n) is 6.46. The van der Waals surface area contributed by atoms with E-state index in [4.69, 9.17) is 15.8 Å². The van der Waals surface area contributed by atoms with Gasteiger partial charge in [-0.05, 0) is 66.4 Å². The van der Waals surface area contributed by atoms with Crippen molar-refractivity contribution in [2.24, 2.45) is 5.92 Å². The molecule has 0 saturated carbocycles. The number of para-hydroxylation sites is 1. The van der Waals surface area contributed by atoms with Gasteiger partial charge in [-0.3, -0.25) is 9.48 Å². The molecule has 0 bridgehead atoms. The van der Waals surface area contributed by atoms with Crippen LogP contribution in [0.5, 0.6) is 5.75 Å². The number of alkyl halides is 3. The smallest absolute Gasteiger partial charge is 0.426 e. The summed E-state index contributed by atoms with van der Waals surface area (Å²) in [5.74, 6) is -1.63. The molecule has 1 heterocycles. The van der Waals surface area contributed by atoms with Crippen LogP contribution in [0.4, 0.5) is 13.2 Å². The highest BCUT2D eigenvalue weighted by molar-refractivity contribution is 7.87. The first kappa shape index (κ1) is 33.1. The number of halogens is 4. The zero-order valence-corrected chi connectivity index (χ0v) is 25.1. The summed E-state index contributed by atoms with van der Waals surface area (Å²) in [6, 6.07) is 17.3. The van der Waals surface area contributed by atoms with E-state index in [1.807, 2.05) is 13.8 Å². The summed E-state index contributed by atoms with van der Waals surface area (Å²) in [5.41, 5.74) is 0.271. The van der Waals surface area contributed by atoms with Gasteiger partial charge in [0.2, 0.25) is 5.91 Å². The van der Waals surface area contributed by atoms with Gasteiger partial charge >= 0.3 is 23.4 Å². The van der Waals surface area contributed by atoms with Gasteiger partial charge in [-0.25, -0.2) is 0 Å². The van der Waals surface area contributed by atoms with E-state index in [0.717, 1.165) is 18.2 Å². The number of rotatable bonds is 11. The second-order valence-electron chi connectivity index (χ2n) is 10.4. The molecule has 0 unspecified atom stereocenters. The second kappa shape index (κ2) is 13.4. The highest BCUT2D eigenvalue weighted by Gasteiger charge is 2.32. The normalized spacial score (nSPS) is 12.7. The Morgan fingerprint density at radius 3 is 2.36 bits per heavy atom. The fourth-order valence-corrected chi connectivity index (χ4v) is 5.54. The van der Waals surface area contributed by atoms with E-state index in [-0.39, 0.29) is 29.5 Å². The zero-order chi connectivity index (χ0) is 32.2. The summed E-state index contributed by atoms with van der Waals surface area (Å²) >= 11 is 6.05. The van der Waals surface area contributed by atoms with Gasteiger partial charge in [0, 0.05) is 10.6 Å². The molecular weight excluding hydrogens is 622 g/mol. The molecule has 1 atom stereocenters. The lowest BCUT2D eigenvalue weighted by Gasteiger charge is -2.20. The Bertz CT molecular complexity index is 1730. The van der Waals surface area contributed by atoms with Gasteiger partial charge in [-0.2, -0.15) is 26.7 Å². The lowest BCUT2D eigenvalue weighted by Crippen LogP contribution is -2.48. The van der Waals surface area contributed by atoms with Crippen molar-refractivity contribution >= 4 is 34.7 Å². The quantitative estimate of drug-likeness (QED) is 0.150. The van der Waals surface area contributed by atoms with E-state index in [0.29, 0.717) is 28.8 Å². The number of nitrogens with zero attached hydrogens (tertiary/aromatic N) is 2. The van der Waals surface area contributed by atoms with Gasteiger partial charge in [0.05, 0.1) is 22.9 Å². The van der Waals surface area contributed by atoms with Crippen LogP contribution in [-0.2, 0) is 27.6 Å². The molecular formula is C29H28BClF3N3O6S. The van der Waals surface area contributed by atoms with Crippen LogP contribution in [-0.4, -0.2) is 47.2 Å². The van der Waals surface area contributed by atoms with E-state index in [9.17, 15) is 36.4 Å². The predicted octanol–water partition coefficient (Wildman–Crippen LogP) is 5.20. The number of carbonyl (C=O) groups excluding carboxylic acids is 1. The third kappa shape index (κ3) is 8.20. The van der Waals surface area contributed by atoms with Crippen LogP contribution >= 0.6 is 11.6 Å². The van der Waals surface area contributed by atoms with Gasteiger partial charge in [-0.1, -0.05) is 55.8 Å². The molecule has 4 aromatic rings. The highest BCUT2D eigenvalue weighted by Crippen LogP contribution is 2.35. The predicted molar refractivity (Wildman–Crippen MR) is 159 cm³/mol. The third-order valence-corrected chi connectivity index (χ3v) is 7.94. The zero-order valence-electron chi connectivity index (χ0n) is 23.5. The molecule has 0 aliphatic rings. The van der Waals surface area contributed by atoms with Crippen molar-refractivity contribution in [2.45, 2.75) is 43.8 Å². The summed E-state index contributed by atoms with van der Waals surface area (Å²) in [6.07, 6.45) is -4.45. The summed E-state index contributed by atoms with van der Waals surface area (Å²) in [5, 5.41) is 27.1. The Hall–Kier alpha value is -3.85. The Balaban J connectivity index is 1.71. The molecule has 44 heavy (non-hydrogen) atoms. The standard InChI is InChI=1S/C29H28BClF3N3O6S/c1-18(2)14-27(30(39)40)35-28(38)17-37-25(19-10-12-21(31)13-11-19)16-24(36-37)23-8-3-4-9-26(23)43-44(41,42)22-7-5-6-20(15-22)29(32,33)34/h3-13,15-16,18,27,39-40H,14,17H2,1-2H3,(H,35,38)/t27-/m0/s1. The number of carbonyl (C=O) groups is 1. The van der Waals surface area contributed by atoms with Crippen LogP contribution in [0.2, 0.25) is 5.02 Å². The molecule has 0 aliphatic heterocycles. The largest absolute Gasteiger partial charge is 0.475 e. The molecule has 0 aliphatic carbocycles. The van der Waals surface area contributed by atoms with Crippen LogP contribution in [0.3, 0.4) is 0 Å². The van der Waals surface area contributed by atoms with E-state index < -0.39 is 45.7 Å². The molecule has 3 N–H and O–H groups in total. The molecule has 0 saturated heterocycles. The van der Waals surface area contributed by atoms with Crippen molar-refractivity contribution in [3.8, 4) is 28.3 Å². The van der Waals surface area contributed by atoms with Crippen molar-refractivity contribution in [1.29, 1.82) is 0 Å². The van der Waals surface area contributed by atoms with E-state index in [1.54, 1.807) is 36.4 Å². The van der Waals surface area contributed by atoms with Crippen molar-refractivity contribution in [3.05, 3.63) is 89.4 Å². The van der Waals surface area contributed by atoms with Gasteiger partial charge in [0.15, 0.2) is 5.75 Å². The molecule has 1 aromatic heterocycles. The molecule has 3 aromatic carbocycles. The fourth-order valence-electron chi connectivity index (χ4n) is 4.42. The average molecular weight is 650 g/mol. The molecule has 0 radical (unpaired) electrons. The molecule has 0 spiro atoms. The number of aromatic nitrogens is 2. The van der Waals surface area contributed by atoms with Crippen molar-refractivity contribution in [3.63, 3.8) is 0 Å². The van der Waals surface area contributed by atoms with Crippen LogP contribution in [0.25, 0.3) is 22.5 Å². The molecule has 9 nitrogen and oxygen atoms in total. The number of benzene rings is 3. The first-order valence-corrected chi connectivity index (χ1v) is 15.1. The van der Waals surface area contributed by atoms with Crippen molar-refractivity contribution in [1.82, 2.24) is 15.1 Å². The summed E-state index contributed by atoms with van der Waals surface area (Å²) in [4.78, 5) is 12.3. The van der Waals surface area contributed by atoms with Gasteiger partial charge in [-0.15, -0.1) is 0 Å². The SMILES string of the molecule is CC(C)C[C@H](NC(=O)Cn1nc(-c2ccccc2OS(=O)(=O)c2cccc(C(F)(F)F)c2)cc1-c1ccc(Cl)cc1)B(O)O. The fraction of sp³-hybridized carbons (Fsp3) is 0.241.